The fraction of sp³-hybridized carbons (Fsp3) is 0.588. The molecule has 240 valence electrons. The molecular formula is C34H44N6O5. The number of imide groups is 2. The number of hydrogen-bond donors (Lipinski definition) is 1. The van der Waals surface area contributed by atoms with Crippen molar-refractivity contribution in [2.45, 2.75) is 95.7 Å². The second-order valence-corrected chi connectivity index (χ2v) is 14.2. The standard InChI is InChI=1S/C34H44N6O5/c1-23-4-5-27(16-28(23)32(45)39(22-42)29-6-7-30(43)36-31(29)44)38-19-34(20-38)12-8-26(9-13-34)37-14-10-24(11-15-37)25-17-35-40(18-25)33(2,3)21-41/h4-5,16-18,21-22,24,26,29H,6-15,19-20H2,1-3H3,(H,36,43,44). The number of aldehydes is 1. The van der Waals surface area contributed by atoms with Gasteiger partial charge in [-0.15, -0.1) is 0 Å². The van der Waals surface area contributed by atoms with E-state index in [2.05, 4.69) is 20.2 Å². The number of benzene rings is 1. The van der Waals surface area contributed by atoms with Crippen LogP contribution >= 0.6 is 0 Å². The highest BCUT2D eigenvalue weighted by atomic mass is 16.2. The topological polar surface area (TPSA) is 125 Å². The van der Waals surface area contributed by atoms with E-state index >= 15 is 0 Å². The predicted octanol–water partition coefficient (Wildman–Crippen LogP) is 3.16. The van der Waals surface area contributed by atoms with Gasteiger partial charge in [-0.3, -0.25) is 34.1 Å². The number of aromatic nitrogens is 2. The van der Waals surface area contributed by atoms with Gasteiger partial charge in [0.2, 0.25) is 18.2 Å². The van der Waals surface area contributed by atoms with Gasteiger partial charge in [-0.2, -0.15) is 5.10 Å². The van der Waals surface area contributed by atoms with Crippen LogP contribution in [0.1, 0.15) is 92.6 Å². The molecule has 6 rings (SSSR count). The number of carbonyl (C=O) groups is 5. The molecule has 1 aromatic carbocycles. The van der Waals surface area contributed by atoms with Crippen molar-refractivity contribution in [1.82, 2.24) is 24.9 Å². The van der Waals surface area contributed by atoms with Crippen LogP contribution in [-0.2, 0) is 24.7 Å². The molecule has 1 aromatic heterocycles. The fourth-order valence-corrected chi connectivity index (χ4v) is 7.74. The van der Waals surface area contributed by atoms with Crippen LogP contribution in [-0.4, -0.2) is 88.3 Å². The Hall–Kier alpha value is -3.86. The van der Waals surface area contributed by atoms with Gasteiger partial charge in [0.15, 0.2) is 0 Å². The Balaban J connectivity index is 1.01. The number of carbonyl (C=O) groups excluding carboxylic acids is 5. The van der Waals surface area contributed by atoms with Gasteiger partial charge in [0.1, 0.15) is 17.9 Å². The maximum absolute atomic E-state index is 13.4. The molecule has 1 saturated carbocycles. The molecule has 4 heterocycles. The molecule has 2 aromatic rings. The van der Waals surface area contributed by atoms with Gasteiger partial charge >= 0.3 is 0 Å². The number of piperidine rings is 2. The van der Waals surface area contributed by atoms with Crippen LogP contribution in [0, 0.1) is 12.3 Å². The zero-order valence-corrected chi connectivity index (χ0v) is 26.5. The molecule has 1 aliphatic carbocycles. The Morgan fingerprint density at radius 2 is 1.78 bits per heavy atom. The zero-order valence-electron chi connectivity index (χ0n) is 26.5. The van der Waals surface area contributed by atoms with E-state index in [0.29, 0.717) is 29.3 Å². The van der Waals surface area contributed by atoms with Crippen molar-refractivity contribution in [3.05, 3.63) is 47.3 Å². The second kappa shape index (κ2) is 12.2. The first-order valence-electron chi connectivity index (χ1n) is 16.3. The molecule has 4 aliphatic rings. The summed E-state index contributed by atoms with van der Waals surface area (Å²) in [6.45, 7) is 9.66. The van der Waals surface area contributed by atoms with E-state index in [0.717, 1.165) is 61.5 Å². The van der Waals surface area contributed by atoms with Crippen LogP contribution < -0.4 is 10.2 Å². The van der Waals surface area contributed by atoms with E-state index < -0.39 is 23.4 Å². The SMILES string of the molecule is Cc1ccc(N2CC3(CCC(N4CCC(c5cnn(C(C)(C)C=O)c5)CC4)CC3)C2)cc1C(=O)N(C=O)C1CCC(=O)NC1=O. The average molecular weight is 617 g/mol. The summed E-state index contributed by atoms with van der Waals surface area (Å²) in [5.74, 6) is -1.03. The highest BCUT2D eigenvalue weighted by molar-refractivity contribution is 6.07. The third-order valence-corrected chi connectivity index (χ3v) is 10.8. The Bertz CT molecular complexity index is 1480. The Labute approximate surface area is 264 Å². The first-order chi connectivity index (χ1) is 21.5. The summed E-state index contributed by atoms with van der Waals surface area (Å²) >= 11 is 0. The molecule has 3 aliphatic heterocycles. The van der Waals surface area contributed by atoms with Crippen LogP contribution in [0.3, 0.4) is 0 Å². The monoisotopic (exact) mass is 616 g/mol. The molecule has 45 heavy (non-hydrogen) atoms. The Kier molecular flexibility index (Phi) is 8.41. The first-order valence-corrected chi connectivity index (χ1v) is 16.3. The normalized spacial score (nSPS) is 23.0. The van der Waals surface area contributed by atoms with Crippen molar-refractivity contribution in [2.75, 3.05) is 31.1 Å². The maximum atomic E-state index is 13.4. The number of amides is 4. The molecule has 3 saturated heterocycles. The quantitative estimate of drug-likeness (QED) is 0.354. The average Bonchev–Trinajstić information content (AvgIpc) is 3.53. The van der Waals surface area contributed by atoms with E-state index in [1.54, 1.807) is 4.68 Å². The van der Waals surface area contributed by atoms with E-state index in [1.807, 2.05) is 51.4 Å². The molecular weight excluding hydrogens is 572 g/mol. The summed E-state index contributed by atoms with van der Waals surface area (Å²) in [5, 5.41) is 6.70. The van der Waals surface area contributed by atoms with Crippen molar-refractivity contribution in [2.24, 2.45) is 5.41 Å². The van der Waals surface area contributed by atoms with Crippen LogP contribution in [0.15, 0.2) is 30.6 Å². The maximum Gasteiger partial charge on any atom is 0.261 e. The summed E-state index contributed by atoms with van der Waals surface area (Å²) in [5.41, 5.74) is 3.00. The van der Waals surface area contributed by atoms with Crippen molar-refractivity contribution >= 4 is 36.1 Å². The molecule has 1 spiro atoms. The Morgan fingerprint density at radius 3 is 2.42 bits per heavy atom. The summed E-state index contributed by atoms with van der Waals surface area (Å²) < 4.78 is 1.78. The number of anilines is 1. The fourth-order valence-electron chi connectivity index (χ4n) is 7.74. The zero-order chi connectivity index (χ0) is 31.9. The van der Waals surface area contributed by atoms with Gasteiger partial charge in [0.25, 0.3) is 5.91 Å². The molecule has 11 nitrogen and oxygen atoms in total. The third kappa shape index (κ3) is 6.06. The van der Waals surface area contributed by atoms with Gasteiger partial charge < -0.3 is 14.6 Å². The largest absolute Gasteiger partial charge is 0.370 e. The lowest BCUT2D eigenvalue weighted by Gasteiger charge is -2.55. The van der Waals surface area contributed by atoms with E-state index in [4.69, 9.17) is 0 Å². The van der Waals surface area contributed by atoms with Gasteiger partial charge in [-0.1, -0.05) is 6.07 Å². The van der Waals surface area contributed by atoms with Gasteiger partial charge in [-0.05, 0) is 108 Å². The van der Waals surface area contributed by atoms with Gasteiger partial charge in [0, 0.05) is 48.4 Å². The number of hydrogen-bond acceptors (Lipinski definition) is 8. The molecule has 4 amide bonds. The number of rotatable bonds is 8. The molecule has 1 atom stereocenters. The first kappa shape index (κ1) is 31.1. The van der Waals surface area contributed by atoms with E-state index in [-0.39, 0.29) is 18.7 Å². The summed E-state index contributed by atoms with van der Waals surface area (Å²) in [6, 6.07) is 5.40. The highest BCUT2D eigenvalue weighted by Gasteiger charge is 2.46. The van der Waals surface area contributed by atoms with Crippen LogP contribution in [0.5, 0.6) is 0 Å². The lowest BCUT2D eigenvalue weighted by atomic mass is 9.67. The lowest BCUT2D eigenvalue weighted by Crippen LogP contribution is -2.59. The van der Waals surface area contributed by atoms with Crippen LogP contribution in [0.25, 0.3) is 0 Å². The van der Waals surface area contributed by atoms with Crippen molar-refractivity contribution in [1.29, 1.82) is 0 Å². The summed E-state index contributed by atoms with van der Waals surface area (Å²) in [4.78, 5) is 66.6. The highest BCUT2D eigenvalue weighted by Crippen LogP contribution is 2.47. The van der Waals surface area contributed by atoms with Gasteiger partial charge in [0.05, 0.1) is 6.20 Å². The minimum absolute atomic E-state index is 0.0938. The Morgan fingerprint density at radius 1 is 1.07 bits per heavy atom. The minimum atomic E-state index is -0.983. The lowest BCUT2D eigenvalue weighted by molar-refractivity contribution is -0.139. The molecule has 0 radical (unpaired) electrons. The molecule has 0 bridgehead atoms. The van der Waals surface area contributed by atoms with Crippen molar-refractivity contribution in [3.8, 4) is 0 Å². The molecule has 11 heteroatoms. The summed E-state index contributed by atoms with van der Waals surface area (Å²) in [6.07, 6.45) is 12.5. The number of aryl methyl sites for hydroxylation is 1. The van der Waals surface area contributed by atoms with E-state index in [1.165, 1.54) is 31.2 Å². The van der Waals surface area contributed by atoms with Crippen molar-refractivity contribution in [3.63, 3.8) is 0 Å². The molecule has 4 fully saturated rings. The number of nitrogens with one attached hydrogen (secondary N) is 1. The van der Waals surface area contributed by atoms with Crippen LogP contribution in [0.4, 0.5) is 5.69 Å². The molecule has 1 N–H and O–H groups in total. The third-order valence-electron chi connectivity index (χ3n) is 10.8. The minimum Gasteiger partial charge on any atom is -0.370 e. The van der Waals surface area contributed by atoms with Gasteiger partial charge in [-0.25, -0.2) is 0 Å². The predicted molar refractivity (Wildman–Crippen MR) is 168 cm³/mol. The number of nitrogens with zero attached hydrogens (tertiary/aromatic N) is 5. The van der Waals surface area contributed by atoms with Crippen LogP contribution in [0.2, 0.25) is 0 Å². The van der Waals surface area contributed by atoms with E-state index in [9.17, 15) is 24.0 Å². The van der Waals surface area contributed by atoms with Crippen molar-refractivity contribution < 1.29 is 24.0 Å². The molecule has 1 unspecified atom stereocenters. The smallest absolute Gasteiger partial charge is 0.261 e. The number of likely N-dealkylation sites (tertiary alicyclic amines) is 1. The summed E-state index contributed by atoms with van der Waals surface area (Å²) in [7, 11) is 0. The second-order valence-electron chi connectivity index (χ2n) is 14.2.